The molecule has 0 unspecified atom stereocenters. The lowest BCUT2D eigenvalue weighted by Gasteiger charge is -2.05. The first-order valence-corrected chi connectivity index (χ1v) is 5.79. The molecule has 0 aliphatic rings. The van der Waals surface area contributed by atoms with Gasteiger partial charge in [-0.2, -0.15) is 0 Å². The Morgan fingerprint density at radius 3 is 2.29 bits per heavy atom. The molecule has 0 saturated heterocycles. The monoisotopic (exact) mass is 295 g/mol. The summed E-state index contributed by atoms with van der Waals surface area (Å²) in [5.74, 6) is -3.60. The maximum absolute atomic E-state index is 13.4. The Morgan fingerprint density at radius 1 is 1.10 bits per heavy atom. The Labute approximate surface area is 117 Å². The smallest absolute Gasteiger partial charge is 0.273 e. The normalized spacial score (nSPS) is 10.4. The Hall–Kier alpha value is -2.70. The van der Waals surface area contributed by atoms with E-state index in [1.54, 1.807) is 0 Å². The average molecular weight is 295 g/mol. The van der Waals surface area contributed by atoms with Crippen LogP contribution < -0.4 is 0 Å². The molecule has 0 saturated carbocycles. The van der Waals surface area contributed by atoms with E-state index in [2.05, 4.69) is 0 Å². The highest BCUT2D eigenvalue weighted by molar-refractivity contribution is 5.98. The van der Waals surface area contributed by atoms with E-state index in [-0.39, 0.29) is 5.56 Å². The summed E-state index contributed by atoms with van der Waals surface area (Å²) in [4.78, 5) is 21.7. The van der Waals surface area contributed by atoms with Gasteiger partial charge in [0.25, 0.3) is 5.69 Å². The molecule has 0 atom stereocenters. The minimum atomic E-state index is -0.971. The largest absolute Gasteiger partial charge is 0.294 e. The molecule has 4 nitrogen and oxygen atoms in total. The highest BCUT2D eigenvalue weighted by Crippen LogP contribution is 2.20. The maximum Gasteiger partial charge on any atom is 0.273 e. The Bertz CT molecular complexity index is 711. The van der Waals surface area contributed by atoms with Gasteiger partial charge in [-0.15, -0.1) is 0 Å². The molecule has 2 aromatic rings. The van der Waals surface area contributed by atoms with Crippen molar-refractivity contribution in [2.24, 2.45) is 0 Å². The Kier molecular flexibility index (Phi) is 4.02. The van der Waals surface area contributed by atoms with Crippen molar-refractivity contribution in [1.82, 2.24) is 0 Å². The first-order valence-electron chi connectivity index (χ1n) is 5.79. The maximum atomic E-state index is 13.4. The van der Waals surface area contributed by atoms with E-state index in [0.29, 0.717) is 6.07 Å². The van der Waals surface area contributed by atoms with Crippen LogP contribution in [-0.4, -0.2) is 10.7 Å². The molecule has 0 aliphatic heterocycles. The molecule has 0 spiro atoms. The number of carbonyl (C=O) groups is 1. The highest BCUT2D eigenvalue weighted by Gasteiger charge is 2.18. The van der Waals surface area contributed by atoms with E-state index in [0.717, 1.165) is 30.3 Å². The Balaban J connectivity index is 2.35. The fourth-order valence-corrected chi connectivity index (χ4v) is 1.80. The molecule has 0 fully saturated rings. The van der Waals surface area contributed by atoms with Gasteiger partial charge in [0.15, 0.2) is 5.78 Å². The fraction of sp³-hybridized carbons (Fsp3) is 0.0714. The third-order valence-corrected chi connectivity index (χ3v) is 2.81. The van der Waals surface area contributed by atoms with Crippen molar-refractivity contribution in [3.8, 4) is 0 Å². The molecule has 0 bridgehead atoms. The van der Waals surface area contributed by atoms with E-state index in [1.807, 2.05) is 0 Å². The molecule has 0 heterocycles. The van der Waals surface area contributed by atoms with Gasteiger partial charge in [0.2, 0.25) is 0 Å². The molecular weight excluding hydrogens is 287 g/mol. The van der Waals surface area contributed by atoms with Crippen LogP contribution >= 0.6 is 0 Å². The van der Waals surface area contributed by atoms with Gasteiger partial charge in [-0.25, -0.2) is 13.2 Å². The van der Waals surface area contributed by atoms with Crippen molar-refractivity contribution in [2.45, 2.75) is 6.42 Å². The first kappa shape index (κ1) is 14.7. The first-order chi connectivity index (χ1) is 9.88. The van der Waals surface area contributed by atoms with Gasteiger partial charge in [0.05, 0.1) is 11.0 Å². The van der Waals surface area contributed by atoms with Gasteiger partial charge < -0.3 is 0 Å². The molecule has 7 heteroatoms. The summed E-state index contributed by atoms with van der Waals surface area (Å²) in [6.07, 6.45) is -0.654. The van der Waals surface area contributed by atoms with E-state index in [9.17, 15) is 28.1 Å². The summed E-state index contributed by atoms with van der Waals surface area (Å²) in [5.41, 5.74) is -1.38. The summed E-state index contributed by atoms with van der Waals surface area (Å²) in [6.45, 7) is 0. The zero-order chi connectivity index (χ0) is 15.6. The van der Waals surface area contributed by atoms with Crippen molar-refractivity contribution in [2.75, 3.05) is 0 Å². The molecule has 0 aliphatic carbocycles. The summed E-state index contributed by atoms with van der Waals surface area (Å²) < 4.78 is 40.1. The second-order valence-corrected chi connectivity index (χ2v) is 4.26. The van der Waals surface area contributed by atoms with Gasteiger partial charge in [0, 0.05) is 23.6 Å². The summed E-state index contributed by atoms with van der Waals surface area (Å²) in [5, 5.41) is 10.6. The summed E-state index contributed by atoms with van der Waals surface area (Å²) in [7, 11) is 0. The predicted octanol–water partition coefficient (Wildman–Crippen LogP) is 3.44. The molecule has 0 amide bonds. The van der Waals surface area contributed by atoms with Crippen molar-refractivity contribution in [1.29, 1.82) is 0 Å². The zero-order valence-corrected chi connectivity index (χ0v) is 10.5. The third-order valence-electron chi connectivity index (χ3n) is 2.81. The van der Waals surface area contributed by atoms with Gasteiger partial charge in [-0.05, 0) is 18.2 Å². The van der Waals surface area contributed by atoms with E-state index >= 15 is 0 Å². The topological polar surface area (TPSA) is 60.2 Å². The second kappa shape index (κ2) is 5.74. The van der Waals surface area contributed by atoms with Crippen LogP contribution in [0.5, 0.6) is 0 Å². The molecule has 108 valence electrons. The number of nitro groups is 1. The third kappa shape index (κ3) is 3.25. The van der Waals surface area contributed by atoms with Gasteiger partial charge in [-0.3, -0.25) is 14.9 Å². The fourth-order valence-electron chi connectivity index (χ4n) is 1.80. The number of benzene rings is 2. The van der Waals surface area contributed by atoms with Crippen molar-refractivity contribution in [3.05, 3.63) is 75.1 Å². The molecule has 2 aromatic carbocycles. The van der Waals surface area contributed by atoms with Crippen LogP contribution in [0.4, 0.5) is 18.9 Å². The van der Waals surface area contributed by atoms with Crippen molar-refractivity contribution < 1.29 is 22.9 Å². The number of carbonyl (C=O) groups excluding carboxylic acids is 1. The van der Waals surface area contributed by atoms with Crippen LogP contribution in [0.25, 0.3) is 0 Å². The van der Waals surface area contributed by atoms with Gasteiger partial charge in [0.1, 0.15) is 17.5 Å². The number of nitrogens with zero attached hydrogens (tertiary/aromatic N) is 1. The Morgan fingerprint density at radius 2 is 1.71 bits per heavy atom. The van der Waals surface area contributed by atoms with E-state index in [1.165, 1.54) is 0 Å². The molecule has 0 radical (unpaired) electrons. The number of rotatable bonds is 4. The minimum Gasteiger partial charge on any atom is -0.294 e. The van der Waals surface area contributed by atoms with E-state index < -0.39 is 45.8 Å². The highest BCUT2D eigenvalue weighted by atomic mass is 19.1. The quantitative estimate of drug-likeness (QED) is 0.493. The standard InChI is InChI=1S/C14H8F3NO3/c15-9-4-8(5-10(6-9)18(20)21)14(19)7-11-12(16)2-1-3-13(11)17/h1-6H,7H2. The van der Waals surface area contributed by atoms with Gasteiger partial charge >= 0.3 is 0 Å². The molecule has 21 heavy (non-hydrogen) atoms. The van der Waals surface area contributed by atoms with Crippen LogP contribution in [0, 0.1) is 27.6 Å². The van der Waals surface area contributed by atoms with Crippen molar-refractivity contribution in [3.63, 3.8) is 0 Å². The molecule has 2 rings (SSSR count). The number of hydrogen-bond donors (Lipinski definition) is 0. The van der Waals surface area contributed by atoms with Crippen LogP contribution in [0.15, 0.2) is 36.4 Å². The minimum absolute atomic E-state index is 0.315. The van der Waals surface area contributed by atoms with E-state index in [4.69, 9.17) is 0 Å². The van der Waals surface area contributed by atoms with Crippen molar-refractivity contribution >= 4 is 11.5 Å². The van der Waals surface area contributed by atoms with Crippen LogP contribution in [0.3, 0.4) is 0 Å². The number of nitro benzene ring substituents is 1. The number of ketones is 1. The van der Waals surface area contributed by atoms with Crippen LogP contribution in [-0.2, 0) is 6.42 Å². The molecule has 0 aromatic heterocycles. The number of Topliss-reactive ketones (excluding diaryl/α,β-unsaturated/α-hetero) is 1. The summed E-state index contributed by atoms with van der Waals surface area (Å²) >= 11 is 0. The predicted molar refractivity (Wildman–Crippen MR) is 67.4 cm³/mol. The second-order valence-electron chi connectivity index (χ2n) is 4.26. The summed E-state index contributed by atoms with van der Waals surface area (Å²) in [6, 6.07) is 5.42. The van der Waals surface area contributed by atoms with Crippen LogP contribution in [0.2, 0.25) is 0 Å². The zero-order valence-electron chi connectivity index (χ0n) is 10.5. The lowest BCUT2D eigenvalue weighted by molar-refractivity contribution is -0.385. The SMILES string of the molecule is O=C(Cc1c(F)cccc1F)c1cc(F)cc([N+](=O)[O-])c1. The van der Waals surface area contributed by atoms with Gasteiger partial charge in [-0.1, -0.05) is 6.07 Å². The lowest BCUT2D eigenvalue weighted by Crippen LogP contribution is -2.08. The number of non-ortho nitro benzene ring substituents is 1. The number of hydrogen-bond acceptors (Lipinski definition) is 3. The molecule has 0 N–H and O–H groups in total. The molecular formula is C14H8F3NO3. The lowest BCUT2D eigenvalue weighted by atomic mass is 10.0. The number of halogens is 3. The average Bonchev–Trinajstić information content (AvgIpc) is 2.42. The van der Waals surface area contributed by atoms with Crippen LogP contribution in [0.1, 0.15) is 15.9 Å².